The van der Waals surface area contributed by atoms with Gasteiger partial charge in [-0.2, -0.15) is 8.78 Å². The number of allylic oxidation sites excluding steroid dienone is 1. The van der Waals surface area contributed by atoms with E-state index in [1.54, 1.807) is 0 Å². The van der Waals surface area contributed by atoms with Crippen molar-refractivity contribution in [1.82, 2.24) is 0 Å². The van der Waals surface area contributed by atoms with Crippen LogP contribution >= 0.6 is 0 Å². The van der Waals surface area contributed by atoms with E-state index in [0.717, 1.165) is 18.8 Å². The molecule has 0 spiro atoms. The van der Waals surface area contributed by atoms with Crippen LogP contribution in [0, 0.1) is 23.5 Å². The van der Waals surface area contributed by atoms with Crippen molar-refractivity contribution in [2.75, 3.05) is 13.2 Å². The van der Waals surface area contributed by atoms with Gasteiger partial charge in [0.25, 0.3) is 0 Å². The molecular weight excluding hydrogens is 310 g/mol. The topological polar surface area (TPSA) is 18.5 Å². The molecule has 0 amide bonds. The molecule has 0 heterocycles. The monoisotopic (exact) mass is 336 g/mol. The molecule has 1 aromatic rings. The van der Waals surface area contributed by atoms with E-state index < -0.39 is 11.6 Å². The highest BCUT2D eigenvalue weighted by Gasteiger charge is 2.18. The molecule has 0 aromatic heterocycles. The molecule has 2 aliphatic carbocycles. The number of benzene rings is 1. The molecule has 132 valence electrons. The second-order valence-electron chi connectivity index (χ2n) is 6.91. The van der Waals surface area contributed by atoms with Crippen molar-refractivity contribution < 1.29 is 18.3 Å². The van der Waals surface area contributed by atoms with Crippen LogP contribution in [0.5, 0.6) is 11.5 Å². The van der Waals surface area contributed by atoms with Gasteiger partial charge in [0.2, 0.25) is 11.6 Å². The Morgan fingerprint density at radius 2 is 1.62 bits per heavy atom. The third-order valence-corrected chi connectivity index (χ3v) is 5.14. The maximum Gasteiger partial charge on any atom is 0.204 e. The molecule has 2 nitrogen and oxygen atoms in total. The van der Waals surface area contributed by atoms with E-state index >= 15 is 0 Å². The summed E-state index contributed by atoms with van der Waals surface area (Å²) in [7, 11) is 0. The molecule has 4 heteroatoms. The Labute approximate surface area is 142 Å². The molecule has 0 atom stereocenters. The maximum absolute atomic E-state index is 14.0. The Morgan fingerprint density at radius 3 is 2.21 bits per heavy atom. The number of halogens is 2. The third kappa shape index (κ3) is 4.49. The van der Waals surface area contributed by atoms with Crippen LogP contribution in [0.25, 0.3) is 0 Å². The van der Waals surface area contributed by atoms with Gasteiger partial charge in [-0.1, -0.05) is 37.8 Å². The predicted molar refractivity (Wildman–Crippen MR) is 90.4 cm³/mol. The van der Waals surface area contributed by atoms with Crippen LogP contribution in [0.3, 0.4) is 0 Å². The van der Waals surface area contributed by atoms with Crippen LogP contribution in [-0.2, 0) is 0 Å². The molecule has 0 saturated heterocycles. The molecule has 0 aliphatic heterocycles. The normalized spacial score (nSPS) is 18.4. The van der Waals surface area contributed by atoms with Crippen LogP contribution < -0.4 is 9.47 Å². The van der Waals surface area contributed by atoms with E-state index in [1.165, 1.54) is 50.7 Å². The zero-order chi connectivity index (χ0) is 16.8. The minimum absolute atomic E-state index is 0.0292. The third-order valence-electron chi connectivity index (χ3n) is 5.14. The second kappa shape index (κ2) is 8.50. The lowest BCUT2D eigenvalue weighted by Crippen LogP contribution is -2.12. The number of rotatable bonds is 9. The van der Waals surface area contributed by atoms with E-state index in [0.29, 0.717) is 12.5 Å². The van der Waals surface area contributed by atoms with Gasteiger partial charge in [0.15, 0.2) is 11.5 Å². The Morgan fingerprint density at radius 1 is 0.958 bits per heavy atom. The zero-order valence-corrected chi connectivity index (χ0v) is 14.1. The Balaban J connectivity index is 1.44. The van der Waals surface area contributed by atoms with E-state index in [2.05, 4.69) is 6.08 Å². The second-order valence-corrected chi connectivity index (χ2v) is 6.91. The average Bonchev–Trinajstić information content (AvgIpc) is 2.49. The number of ether oxygens (including phenoxy) is 2. The van der Waals surface area contributed by atoms with Crippen LogP contribution in [0.1, 0.15) is 51.4 Å². The van der Waals surface area contributed by atoms with Gasteiger partial charge in [0, 0.05) is 0 Å². The summed E-state index contributed by atoms with van der Waals surface area (Å²) in [5, 5.41) is 0. The van der Waals surface area contributed by atoms with Gasteiger partial charge in [0.05, 0.1) is 6.61 Å². The summed E-state index contributed by atoms with van der Waals surface area (Å²) in [4.78, 5) is 0. The Kier molecular flexibility index (Phi) is 6.11. The summed E-state index contributed by atoms with van der Waals surface area (Å²) in [5.41, 5.74) is 0. The molecule has 0 N–H and O–H groups in total. The van der Waals surface area contributed by atoms with Crippen molar-refractivity contribution in [2.24, 2.45) is 11.8 Å². The maximum atomic E-state index is 14.0. The fraction of sp³-hybridized carbons (Fsp3) is 0.600. The van der Waals surface area contributed by atoms with Crippen LogP contribution in [0.15, 0.2) is 24.3 Å². The van der Waals surface area contributed by atoms with Gasteiger partial charge < -0.3 is 9.47 Å². The molecule has 1 aromatic carbocycles. The van der Waals surface area contributed by atoms with Crippen LogP contribution in [-0.4, -0.2) is 13.2 Å². The summed E-state index contributed by atoms with van der Waals surface area (Å²) in [5.74, 6) is -0.585. The summed E-state index contributed by atoms with van der Waals surface area (Å²) in [6.45, 7) is 0.686. The first kappa shape index (κ1) is 17.2. The van der Waals surface area contributed by atoms with E-state index in [9.17, 15) is 8.78 Å². The van der Waals surface area contributed by atoms with Gasteiger partial charge in [-0.25, -0.2) is 0 Å². The molecular formula is C20H26F2O2. The lowest BCUT2D eigenvalue weighted by molar-refractivity contribution is 0.238. The lowest BCUT2D eigenvalue weighted by Gasteiger charge is -2.25. The highest BCUT2D eigenvalue weighted by Crippen LogP contribution is 2.31. The molecule has 2 saturated carbocycles. The lowest BCUT2D eigenvalue weighted by atomic mass is 9.82. The fourth-order valence-electron chi connectivity index (χ4n) is 3.09. The minimum atomic E-state index is -0.969. The Hall–Kier alpha value is -1.58. The van der Waals surface area contributed by atoms with Crippen molar-refractivity contribution in [3.8, 4) is 11.5 Å². The number of hydrogen-bond acceptors (Lipinski definition) is 2. The van der Waals surface area contributed by atoms with Crippen molar-refractivity contribution in [2.45, 2.75) is 51.4 Å². The summed E-state index contributed by atoms with van der Waals surface area (Å²) in [6, 6.07) is 2.89. The molecule has 2 aliphatic rings. The zero-order valence-electron chi connectivity index (χ0n) is 14.1. The van der Waals surface area contributed by atoms with Gasteiger partial charge in [-0.15, -0.1) is 0 Å². The largest absolute Gasteiger partial charge is 0.490 e. The van der Waals surface area contributed by atoms with Gasteiger partial charge in [-0.3, -0.25) is 0 Å². The SMILES string of the molecule is Fc1c(OC/C=C/C2CCC2)ccc(OCCCC2CCC2)c1F. The van der Waals surface area contributed by atoms with Gasteiger partial charge in [-0.05, 0) is 49.7 Å². The minimum Gasteiger partial charge on any atom is -0.490 e. The van der Waals surface area contributed by atoms with E-state index in [1.807, 2.05) is 6.08 Å². The number of hydrogen-bond donors (Lipinski definition) is 0. The summed E-state index contributed by atoms with van der Waals surface area (Å²) >= 11 is 0. The van der Waals surface area contributed by atoms with Crippen molar-refractivity contribution in [3.63, 3.8) is 0 Å². The first-order valence-corrected chi connectivity index (χ1v) is 9.14. The first-order valence-electron chi connectivity index (χ1n) is 9.14. The highest BCUT2D eigenvalue weighted by atomic mass is 19.2. The standard InChI is InChI=1S/C20H26F2O2/c21-19-17(23-13-3-9-15-5-1-6-15)11-12-18(20(19)22)24-14-4-10-16-7-2-8-16/h3,9,11-12,15-16H,1-2,4-8,10,13-14H2/b9-3+. The van der Waals surface area contributed by atoms with Crippen molar-refractivity contribution >= 4 is 0 Å². The molecule has 3 rings (SSSR count). The molecule has 0 radical (unpaired) electrons. The first-order chi connectivity index (χ1) is 11.7. The molecule has 0 unspecified atom stereocenters. The average molecular weight is 336 g/mol. The quantitative estimate of drug-likeness (QED) is 0.428. The van der Waals surface area contributed by atoms with E-state index in [-0.39, 0.29) is 18.1 Å². The molecule has 24 heavy (non-hydrogen) atoms. The fourth-order valence-corrected chi connectivity index (χ4v) is 3.09. The van der Waals surface area contributed by atoms with Crippen molar-refractivity contribution in [1.29, 1.82) is 0 Å². The molecule has 0 bridgehead atoms. The van der Waals surface area contributed by atoms with Gasteiger partial charge in [0.1, 0.15) is 6.61 Å². The van der Waals surface area contributed by atoms with E-state index in [4.69, 9.17) is 9.47 Å². The van der Waals surface area contributed by atoms with Gasteiger partial charge >= 0.3 is 0 Å². The predicted octanol–water partition coefficient (Wildman–Crippen LogP) is 5.66. The Bertz CT molecular complexity index is 563. The van der Waals surface area contributed by atoms with Crippen LogP contribution in [0.4, 0.5) is 8.78 Å². The van der Waals surface area contributed by atoms with Crippen LogP contribution in [0.2, 0.25) is 0 Å². The summed E-state index contributed by atoms with van der Waals surface area (Å²) < 4.78 is 38.8. The highest BCUT2D eigenvalue weighted by molar-refractivity contribution is 5.35. The summed E-state index contributed by atoms with van der Waals surface area (Å²) in [6.07, 6.45) is 13.6. The smallest absolute Gasteiger partial charge is 0.204 e. The molecule has 2 fully saturated rings. The van der Waals surface area contributed by atoms with Crippen molar-refractivity contribution in [3.05, 3.63) is 35.9 Å².